The molecule has 0 radical (unpaired) electrons. The lowest BCUT2D eigenvalue weighted by atomic mass is 10.2. The third-order valence-electron chi connectivity index (χ3n) is 4.60. The molecule has 3 aromatic rings. The summed E-state index contributed by atoms with van der Waals surface area (Å²) in [4.78, 5) is 26.5. The highest BCUT2D eigenvalue weighted by Crippen LogP contribution is 2.32. The predicted octanol–water partition coefficient (Wildman–Crippen LogP) is 3.09. The number of nitrogens with one attached hydrogen (secondary N) is 1. The van der Waals surface area contributed by atoms with Gasteiger partial charge < -0.3 is 9.88 Å². The molecule has 0 saturated carbocycles. The van der Waals surface area contributed by atoms with Crippen molar-refractivity contribution in [2.45, 2.75) is 17.3 Å². The highest BCUT2D eigenvalue weighted by Gasteiger charge is 2.31. The van der Waals surface area contributed by atoms with Crippen LogP contribution in [0.15, 0.2) is 53.7 Å². The van der Waals surface area contributed by atoms with Crippen LogP contribution in [0.4, 0.5) is 15.8 Å². The SMILES string of the molecule is C[C@@H](Sc1nnc(-c2ccc(F)cc2)n1C)C(=O)N1CC(=O)Nc2ccccc21. The molecule has 0 saturated heterocycles. The second kappa shape index (κ2) is 7.67. The molecule has 1 aromatic heterocycles. The fourth-order valence-electron chi connectivity index (χ4n) is 3.13. The molecule has 0 bridgehead atoms. The van der Waals surface area contributed by atoms with Crippen LogP contribution >= 0.6 is 11.8 Å². The van der Waals surface area contributed by atoms with Crippen molar-refractivity contribution >= 4 is 35.0 Å². The first kappa shape index (κ1) is 19.1. The summed E-state index contributed by atoms with van der Waals surface area (Å²) in [5.41, 5.74) is 2.02. The van der Waals surface area contributed by atoms with Gasteiger partial charge in [0.2, 0.25) is 11.8 Å². The van der Waals surface area contributed by atoms with Crippen molar-refractivity contribution in [1.29, 1.82) is 0 Å². The number of carbonyl (C=O) groups excluding carboxylic acids is 2. The number of hydrogen-bond donors (Lipinski definition) is 1. The van der Waals surface area contributed by atoms with E-state index in [2.05, 4.69) is 15.5 Å². The van der Waals surface area contributed by atoms with Gasteiger partial charge in [0.1, 0.15) is 12.4 Å². The lowest BCUT2D eigenvalue weighted by molar-refractivity contribution is -0.121. The quantitative estimate of drug-likeness (QED) is 0.668. The summed E-state index contributed by atoms with van der Waals surface area (Å²) in [7, 11) is 1.79. The number of carbonyl (C=O) groups is 2. The third kappa shape index (κ3) is 3.73. The minimum Gasteiger partial charge on any atom is -0.323 e. The average Bonchev–Trinajstić information content (AvgIpc) is 3.07. The standard InChI is InChI=1S/C20H18FN5O2S/c1-12(19(28)26-11-17(27)22-15-5-3-4-6-16(15)26)29-20-24-23-18(25(20)2)13-7-9-14(21)10-8-13/h3-10,12H,11H2,1-2H3,(H,22,27)/t12-/m1/s1. The maximum atomic E-state index is 13.2. The topological polar surface area (TPSA) is 80.1 Å². The van der Waals surface area contributed by atoms with E-state index in [0.29, 0.717) is 22.4 Å². The zero-order chi connectivity index (χ0) is 20.5. The number of benzene rings is 2. The monoisotopic (exact) mass is 411 g/mol. The Kier molecular flexibility index (Phi) is 5.06. The number of fused-ring (bicyclic) bond motifs is 1. The molecule has 1 N–H and O–H groups in total. The fraction of sp³-hybridized carbons (Fsp3) is 0.200. The second-order valence-electron chi connectivity index (χ2n) is 6.62. The lowest BCUT2D eigenvalue weighted by Crippen LogP contribution is -2.45. The maximum absolute atomic E-state index is 13.2. The first-order chi connectivity index (χ1) is 13.9. The van der Waals surface area contributed by atoms with Crippen molar-refractivity contribution in [3.63, 3.8) is 0 Å². The van der Waals surface area contributed by atoms with Crippen LogP contribution in [0.1, 0.15) is 6.92 Å². The summed E-state index contributed by atoms with van der Waals surface area (Å²) >= 11 is 1.26. The Morgan fingerprint density at radius 1 is 1.17 bits per heavy atom. The molecule has 4 rings (SSSR count). The van der Waals surface area contributed by atoms with E-state index in [1.807, 2.05) is 12.1 Å². The van der Waals surface area contributed by atoms with E-state index in [-0.39, 0.29) is 24.2 Å². The van der Waals surface area contributed by atoms with Gasteiger partial charge in [0.05, 0.1) is 16.6 Å². The van der Waals surface area contributed by atoms with Gasteiger partial charge in [0.25, 0.3) is 0 Å². The normalized spacial score (nSPS) is 14.3. The average molecular weight is 411 g/mol. The highest BCUT2D eigenvalue weighted by molar-refractivity contribution is 8.00. The van der Waals surface area contributed by atoms with Gasteiger partial charge in [0, 0.05) is 12.6 Å². The van der Waals surface area contributed by atoms with Crippen LogP contribution in [0, 0.1) is 5.82 Å². The highest BCUT2D eigenvalue weighted by atomic mass is 32.2. The second-order valence-corrected chi connectivity index (χ2v) is 7.93. The van der Waals surface area contributed by atoms with Crippen molar-refractivity contribution in [3.05, 3.63) is 54.3 Å². The Bertz CT molecular complexity index is 1080. The van der Waals surface area contributed by atoms with Crippen molar-refractivity contribution in [2.75, 3.05) is 16.8 Å². The summed E-state index contributed by atoms with van der Waals surface area (Å²) in [5.74, 6) is -0.166. The molecular weight excluding hydrogens is 393 g/mol. The van der Waals surface area contributed by atoms with Crippen LogP contribution in [0.2, 0.25) is 0 Å². The van der Waals surface area contributed by atoms with Crippen LogP contribution < -0.4 is 10.2 Å². The Labute approximate surface area is 170 Å². The maximum Gasteiger partial charge on any atom is 0.244 e. The van der Waals surface area contributed by atoms with Crippen LogP contribution in [-0.4, -0.2) is 38.4 Å². The van der Waals surface area contributed by atoms with Gasteiger partial charge in [-0.05, 0) is 43.3 Å². The predicted molar refractivity (Wildman–Crippen MR) is 109 cm³/mol. The van der Waals surface area contributed by atoms with Crippen molar-refractivity contribution < 1.29 is 14.0 Å². The molecule has 1 aliphatic heterocycles. The number of aromatic nitrogens is 3. The van der Waals surface area contributed by atoms with Gasteiger partial charge in [-0.1, -0.05) is 23.9 Å². The van der Waals surface area contributed by atoms with Crippen LogP contribution in [-0.2, 0) is 16.6 Å². The molecule has 0 fully saturated rings. The van der Waals surface area contributed by atoms with E-state index < -0.39 is 5.25 Å². The van der Waals surface area contributed by atoms with Gasteiger partial charge in [-0.2, -0.15) is 0 Å². The van der Waals surface area contributed by atoms with Gasteiger partial charge in [-0.3, -0.25) is 14.5 Å². The Hall–Kier alpha value is -3.20. The van der Waals surface area contributed by atoms with E-state index in [0.717, 1.165) is 5.56 Å². The molecule has 0 aliphatic carbocycles. The first-order valence-electron chi connectivity index (χ1n) is 8.96. The number of thioether (sulfide) groups is 1. The van der Waals surface area contributed by atoms with E-state index in [9.17, 15) is 14.0 Å². The van der Waals surface area contributed by atoms with Gasteiger partial charge >= 0.3 is 0 Å². The van der Waals surface area contributed by atoms with Gasteiger partial charge in [0.15, 0.2) is 11.0 Å². The fourth-order valence-corrected chi connectivity index (χ4v) is 4.00. The molecule has 7 nitrogen and oxygen atoms in total. The van der Waals surface area contributed by atoms with Gasteiger partial charge in [-0.15, -0.1) is 10.2 Å². The summed E-state index contributed by atoms with van der Waals surface area (Å²) in [6.45, 7) is 1.74. The van der Waals surface area contributed by atoms with Crippen LogP contribution in [0.25, 0.3) is 11.4 Å². The summed E-state index contributed by atoms with van der Waals surface area (Å²) in [6.07, 6.45) is 0. The summed E-state index contributed by atoms with van der Waals surface area (Å²) < 4.78 is 14.9. The number of amides is 2. The molecule has 0 spiro atoms. The Balaban J connectivity index is 1.54. The van der Waals surface area contributed by atoms with Gasteiger partial charge in [-0.25, -0.2) is 4.39 Å². The van der Waals surface area contributed by atoms with Crippen molar-refractivity contribution in [1.82, 2.24) is 14.8 Å². The van der Waals surface area contributed by atoms with Crippen molar-refractivity contribution in [3.8, 4) is 11.4 Å². The van der Waals surface area contributed by atoms with E-state index >= 15 is 0 Å². The first-order valence-corrected chi connectivity index (χ1v) is 9.84. The number of anilines is 2. The molecule has 148 valence electrons. The molecule has 2 amide bonds. The number of hydrogen-bond acceptors (Lipinski definition) is 5. The Morgan fingerprint density at radius 2 is 1.90 bits per heavy atom. The van der Waals surface area contributed by atoms with E-state index in [1.54, 1.807) is 42.8 Å². The van der Waals surface area contributed by atoms with Crippen LogP contribution in [0.3, 0.4) is 0 Å². The van der Waals surface area contributed by atoms with Crippen molar-refractivity contribution in [2.24, 2.45) is 7.05 Å². The molecule has 1 atom stereocenters. The zero-order valence-corrected chi connectivity index (χ0v) is 16.6. The van der Waals surface area contributed by atoms with E-state index in [1.165, 1.54) is 28.8 Å². The number of rotatable bonds is 4. The minimum absolute atomic E-state index is 0.0274. The lowest BCUT2D eigenvalue weighted by Gasteiger charge is -2.30. The summed E-state index contributed by atoms with van der Waals surface area (Å²) in [5, 5.41) is 11.2. The molecular formula is C20H18FN5O2S. The number of para-hydroxylation sites is 2. The van der Waals surface area contributed by atoms with Crippen LogP contribution in [0.5, 0.6) is 0 Å². The zero-order valence-electron chi connectivity index (χ0n) is 15.8. The molecule has 2 aromatic carbocycles. The molecule has 29 heavy (non-hydrogen) atoms. The molecule has 9 heteroatoms. The Morgan fingerprint density at radius 3 is 2.66 bits per heavy atom. The summed E-state index contributed by atoms with van der Waals surface area (Å²) in [6, 6.07) is 13.2. The molecule has 1 aliphatic rings. The third-order valence-corrected chi connectivity index (χ3v) is 5.73. The number of nitrogens with zero attached hydrogens (tertiary/aromatic N) is 4. The smallest absolute Gasteiger partial charge is 0.244 e. The largest absolute Gasteiger partial charge is 0.323 e. The molecule has 2 heterocycles. The number of halogens is 1. The minimum atomic E-state index is -0.488. The van der Waals surface area contributed by atoms with E-state index in [4.69, 9.17) is 0 Å². The molecule has 0 unspecified atom stereocenters.